The Morgan fingerprint density at radius 1 is 0.969 bits per heavy atom. The number of thioether (sulfide) groups is 1. The Labute approximate surface area is 190 Å². The number of hydrogen-bond donors (Lipinski definition) is 0. The molecule has 1 atom stereocenters. The van der Waals surface area contributed by atoms with Gasteiger partial charge in [-0.1, -0.05) is 78.5 Å². The first kappa shape index (κ1) is 20.3. The van der Waals surface area contributed by atoms with Gasteiger partial charge in [-0.05, 0) is 24.6 Å². The van der Waals surface area contributed by atoms with Gasteiger partial charge in [-0.2, -0.15) is 0 Å². The van der Waals surface area contributed by atoms with Crippen LogP contribution in [0.5, 0.6) is 11.5 Å². The molecule has 0 unspecified atom stereocenters. The molecule has 0 saturated heterocycles. The average Bonchev–Trinajstić information content (AvgIpc) is 3.46. The minimum Gasteiger partial charge on any atom is -0.454 e. The van der Waals surface area contributed by atoms with Crippen molar-refractivity contribution in [2.24, 2.45) is 0 Å². The van der Waals surface area contributed by atoms with E-state index in [2.05, 4.69) is 10.2 Å². The summed E-state index contributed by atoms with van der Waals surface area (Å²) in [5, 5.41) is 9.30. The van der Waals surface area contributed by atoms with E-state index >= 15 is 0 Å². The molecule has 1 aliphatic rings. The smallest absolute Gasteiger partial charge is 0.231 e. The van der Waals surface area contributed by atoms with Crippen LogP contribution in [-0.2, 0) is 6.54 Å². The zero-order valence-corrected chi connectivity index (χ0v) is 18.3. The maximum Gasteiger partial charge on any atom is 0.231 e. The summed E-state index contributed by atoms with van der Waals surface area (Å²) in [5.74, 6) is 2.30. The number of ketones is 1. The molecule has 0 bridgehead atoms. The summed E-state index contributed by atoms with van der Waals surface area (Å²) in [7, 11) is 0. The molecule has 0 N–H and O–H groups in total. The Hall–Kier alpha value is -3.58. The van der Waals surface area contributed by atoms with Crippen molar-refractivity contribution in [3.05, 3.63) is 90.0 Å². The first-order chi connectivity index (χ1) is 15.7. The highest BCUT2D eigenvalue weighted by atomic mass is 32.2. The number of hydrogen-bond acceptors (Lipinski definition) is 6. The Morgan fingerprint density at radius 2 is 1.69 bits per heavy atom. The largest absolute Gasteiger partial charge is 0.454 e. The lowest BCUT2D eigenvalue weighted by molar-refractivity contribution is 0.0994. The second kappa shape index (κ2) is 8.88. The van der Waals surface area contributed by atoms with Gasteiger partial charge in [0.15, 0.2) is 28.3 Å². The molecule has 4 aromatic rings. The highest BCUT2D eigenvalue weighted by molar-refractivity contribution is 8.00. The number of carbonyl (C=O) groups excluding carboxylic acids is 1. The van der Waals surface area contributed by atoms with Gasteiger partial charge in [-0.15, -0.1) is 10.2 Å². The molecule has 0 aliphatic carbocycles. The molecule has 1 aromatic heterocycles. The second-order valence-electron chi connectivity index (χ2n) is 7.44. The molecular weight excluding hydrogens is 422 g/mol. The summed E-state index contributed by atoms with van der Waals surface area (Å²) in [4.78, 5) is 12.9. The Morgan fingerprint density at radius 3 is 2.47 bits per heavy atom. The summed E-state index contributed by atoms with van der Waals surface area (Å²) in [6, 6.07) is 25.2. The lowest BCUT2D eigenvalue weighted by atomic mass is 10.1. The Balaban J connectivity index is 1.47. The van der Waals surface area contributed by atoms with E-state index < -0.39 is 0 Å². The zero-order valence-electron chi connectivity index (χ0n) is 17.5. The van der Waals surface area contributed by atoms with Crippen LogP contribution in [0.1, 0.15) is 22.8 Å². The van der Waals surface area contributed by atoms with Crippen molar-refractivity contribution in [1.82, 2.24) is 14.8 Å². The van der Waals surface area contributed by atoms with Gasteiger partial charge in [0.1, 0.15) is 0 Å². The van der Waals surface area contributed by atoms with Gasteiger partial charge in [0.05, 0.1) is 11.8 Å². The van der Waals surface area contributed by atoms with Crippen molar-refractivity contribution in [2.75, 3.05) is 6.79 Å². The topological polar surface area (TPSA) is 66.2 Å². The Kier molecular flexibility index (Phi) is 5.64. The molecule has 0 amide bonds. The van der Waals surface area contributed by atoms with Gasteiger partial charge in [-0.25, -0.2) is 0 Å². The van der Waals surface area contributed by atoms with Crippen LogP contribution in [0.4, 0.5) is 0 Å². The van der Waals surface area contributed by atoms with Gasteiger partial charge in [0, 0.05) is 11.1 Å². The van der Waals surface area contributed by atoms with Crippen molar-refractivity contribution in [1.29, 1.82) is 0 Å². The van der Waals surface area contributed by atoms with Crippen LogP contribution >= 0.6 is 11.8 Å². The number of nitrogens with zero attached hydrogens (tertiary/aromatic N) is 3. The number of benzene rings is 3. The third-order valence-electron chi connectivity index (χ3n) is 5.24. The van der Waals surface area contributed by atoms with E-state index in [1.165, 1.54) is 11.8 Å². The molecular formula is C25H21N3O3S. The van der Waals surface area contributed by atoms with E-state index in [-0.39, 0.29) is 17.8 Å². The van der Waals surface area contributed by atoms with Crippen LogP contribution in [0.3, 0.4) is 0 Å². The fourth-order valence-electron chi connectivity index (χ4n) is 3.59. The first-order valence-corrected chi connectivity index (χ1v) is 11.2. The molecule has 3 aromatic carbocycles. The summed E-state index contributed by atoms with van der Waals surface area (Å²) in [6.07, 6.45) is 0. The predicted molar refractivity (Wildman–Crippen MR) is 123 cm³/mol. The molecule has 5 rings (SSSR count). The van der Waals surface area contributed by atoms with Gasteiger partial charge in [0.25, 0.3) is 0 Å². The third kappa shape index (κ3) is 4.11. The number of Topliss-reactive ketones (excluding diaryl/α,β-unsaturated/α-hetero) is 1. The van der Waals surface area contributed by atoms with E-state index in [0.717, 1.165) is 28.5 Å². The van der Waals surface area contributed by atoms with Gasteiger partial charge in [0.2, 0.25) is 6.79 Å². The minimum absolute atomic E-state index is 0.0643. The van der Waals surface area contributed by atoms with Crippen LogP contribution in [0.15, 0.2) is 84.0 Å². The maximum atomic E-state index is 12.9. The van der Waals surface area contributed by atoms with Crippen molar-refractivity contribution >= 4 is 17.5 Å². The van der Waals surface area contributed by atoms with Gasteiger partial charge < -0.3 is 9.47 Å². The molecule has 2 heterocycles. The number of carbonyl (C=O) groups is 1. The first-order valence-electron chi connectivity index (χ1n) is 10.3. The summed E-state index contributed by atoms with van der Waals surface area (Å²) < 4.78 is 13.0. The highest BCUT2D eigenvalue weighted by Crippen LogP contribution is 2.34. The quantitative estimate of drug-likeness (QED) is 0.293. The molecule has 0 spiro atoms. The van der Waals surface area contributed by atoms with Crippen molar-refractivity contribution < 1.29 is 14.3 Å². The van der Waals surface area contributed by atoms with Gasteiger partial charge in [-0.3, -0.25) is 9.36 Å². The summed E-state index contributed by atoms with van der Waals surface area (Å²) in [6.45, 7) is 2.69. The van der Waals surface area contributed by atoms with Crippen LogP contribution in [0.2, 0.25) is 0 Å². The molecule has 0 radical (unpaired) electrons. The van der Waals surface area contributed by atoms with E-state index in [9.17, 15) is 4.79 Å². The lowest BCUT2D eigenvalue weighted by Gasteiger charge is -2.14. The normalized spacial score (nSPS) is 13.2. The molecule has 1 aliphatic heterocycles. The lowest BCUT2D eigenvalue weighted by Crippen LogP contribution is -2.15. The number of fused-ring (bicyclic) bond motifs is 1. The molecule has 6 nitrogen and oxygen atoms in total. The van der Waals surface area contributed by atoms with Gasteiger partial charge >= 0.3 is 0 Å². The van der Waals surface area contributed by atoms with Crippen molar-refractivity contribution in [2.45, 2.75) is 23.9 Å². The van der Waals surface area contributed by atoms with Crippen LogP contribution in [0, 0.1) is 0 Å². The SMILES string of the molecule is C[C@@H](Sc1nnc(-c2ccccc2)n1Cc1ccc2c(c1)OCO2)C(=O)c1ccccc1. The van der Waals surface area contributed by atoms with E-state index in [1.54, 1.807) is 0 Å². The molecule has 0 fully saturated rings. The maximum absolute atomic E-state index is 12.9. The fraction of sp³-hybridized carbons (Fsp3) is 0.160. The zero-order chi connectivity index (χ0) is 21.9. The molecule has 160 valence electrons. The van der Waals surface area contributed by atoms with E-state index in [4.69, 9.17) is 9.47 Å². The predicted octanol–water partition coefficient (Wildman–Crippen LogP) is 5.09. The van der Waals surface area contributed by atoms with Crippen molar-refractivity contribution in [3.8, 4) is 22.9 Å². The molecule has 0 saturated carbocycles. The average molecular weight is 444 g/mol. The number of ether oxygens (including phenoxy) is 2. The van der Waals surface area contributed by atoms with Crippen molar-refractivity contribution in [3.63, 3.8) is 0 Å². The number of aromatic nitrogens is 3. The standard InChI is InChI=1S/C25H21N3O3S/c1-17(23(29)19-8-4-2-5-9-19)32-25-27-26-24(20-10-6-3-7-11-20)28(25)15-18-12-13-21-22(14-18)31-16-30-21/h2-14,17H,15-16H2,1H3/t17-/m1/s1. The molecule has 32 heavy (non-hydrogen) atoms. The van der Waals surface area contributed by atoms with Crippen LogP contribution in [0.25, 0.3) is 11.4 Å². The minimum atomic E-state index is -0.305. The van der Waals surface area contributed by atoms with Crippen LogP contribution in [-0.4, -0.2) is 32.6 Å². The summed E-state index contributed by atoms with van der Waals surface area (Å²) in [5.41, 5.74) is 2.70. The van der Waals surface area contributed by atoms with E-state index in [1.807, 2.05) is 90.4 Å². The number of rotatable bonds is 7. The second-order valence-corrected chi connectivity index (χ2v) is 8.74. The van der Waals surface area contributed by atoms with Crippen LogP contribution < -0.4 is 9.47 Å². The highest BCUT2D eigenvalue weighted by Gasteiger charge is 2.22. The monoisotopic (exact) mass is 443 g/mol. The third-order valence-corrected chi connectivity index (χ3v) is 6.32. The fourth-order valence-corrected chi connectivity index (χ4v) is 4.52. The molecule has 7 heteroatoms. The Bertz CT molecular complexity index is 1240. The summed E-state index contributed by atoms with van der Waals surface area (Å²) >= 11 is 1.42. The van der Waals surface area contributed by atoms with E-state index in [0.29, 0.717) is 17.3 Å².